The maximum atomic E-state index is 12.3. The molecule has 0 aliphatic rings. The van der Waals surface area contributed by atoms with E-state index in [1.54, 1.807) is 17.5 Å². The van der Waals surface area contributed by atoms with Crippen LogP contribution in [-0.4, -0.2) is 34.5 Å². The molecule has 9 heteroatoms. The van der Waals surface area contributed by atoms with Gasteiger partial charge in [-0.2, -0.15) is 0 Å². The molecule has 4 aromatic rings. The van der Waals surface area contributed by atoms with E-state index >= 15 is 0 Å². The van der Waals surface area contributed by atoms with Gasteiger partial charge in [0.2, 0.25) is 10.0 Å². The lowest BCUT2D eigenvalue weighted by Crippen LogP contribution is -2.23. The average Bonchev–Trinajstić information content (AvgIpc) is 3.33. The van der Waals surface area contributed by atoms with Crippen molar-refractivity contribution in [2.45, 2.75) is 6.54 Å². The van der Waals surface area contributed by atoms with Crippen LogP contribution in [0.1, 0.15) is 16.1 Å². The van der Waals surface area contributed by atoms with Crippen molar-refractivity contribution in [3.8, 4) is 10.6 Å². The number of carbonyl (C=O) groups is 1. The number of pyridine rings is 1. The van der Waals surface area contributed by atoms with Crippen LogP contribution in [0.5, 0.6) is 0 Å². The van der Waals surface area contributed by atoms with E-state index in [1.165, 1.54) is 18.5 Å². The van der Waals surface area contributed by atoms with Gasteiger partial charge in [-0.25, -0.2) is 13.4 Å². The summed E-state index contributed by atoms with van der Waals surface area (Å²) in [6.07, 6.45) is 5.45. The Morgan fingerprint density at radius 2 is 2.00 bits per heavy atom. The van der Waals surface area contributed by atoms with Crippen molar-refractivity contribution in [3.05, 3.63) is 72.3 Å². The largest absolute Gasteiger partial charge is 0.346 e. The van der Waals surface area contributed by atoms with Crippen LogP contribution < -0.4 is 5.32 Å². The first kappa shape index (κ1) is 18.3. The van der Waals surface area contributed by atoms with Crippen LogP contribution in [0.4, 0.5) is 0 Å². The molecule has 0 bridgehead atoms. The van der Waals surface area contributed by atoms with Crippen molar-refractivity contribution in [2.24, 2.45) is 0 Å². The quantitative estimate of drug-likeness (QED) is 0.544. The molecule has 3 aromatic heterocycles. The van der Waals surface area contributed by atoms with Gasteiger partial charge in [0.25, 0.3) is 5.91 Å². The molecule has 142 valence electrons. The van der Waals surface area contributed by atoms with E-state index in [1.807, 2.05) is 36.4 Å². The number of nitrogens with zero attached hydrogens (tertiary/aromatic N) is 3. The topological polar surface area (TPSA) is 94.0 Å². The van der Waals surface area contributed by atoms with Gasteiger partial charge in [0.05, 0.1) is 34.3 Å². The van der Waals surface area contributed by atoms with Crippen LogP contribution in [-0.2, 0) is 16.6 Å². The van der Waals surface area contributed by atoms with E-state index in [-0.39, 0.29) is 18.0 Å². The number of benzene rings is 1. The van der Waals surface area contributed by atoms with Crippen LogP contribution in [0.2, 0.25) is 0 Å². The molecule has 0 aliphatic carbocycles. The molecule has 7 nitrogen and oxygen atoms in total. The first-order chi connectivity index (χ1) is 13.4. The van der Waals surface area contributed by atoms with E-state index in [2.05, 4.69) is 15.3 Å². The second kappa shape index (κ2) is 7.17. The summed E-state index contributed by atoms with van der Waals surface area (Å²) in [5.41, 5.74) is 2.82. The molecule has 0 radical (unpaired) electrons. The first-order valence-corrected chi connectivity index (χ1v) is 11.0. The van der Waals surface area contributed by atoms with Gasteiger partial charge < -0.3 is 5.32 Å². The minimum Gasteiger partial charge on any atom is -0.346 e. The van der Waals surface area contributed by atoms with E-state index in [4.69, 9.17) is 0 Å². The molecule has 28 heavy (non-hydrogen) atoms. The number of hydrogen-bond acceptors (Lipinski definition) is 6. The molecule has 1 amide bonds. The number of amides is 1. The highest BCUT2D eigenvalue weighted by atomic mass is 32.2. The Balaban J connectivity index is 1.49. The highest BCUT2D eigenvalue weighted by molar-refractivity contribution is 7.89. The Morgan fingerprint density at radius 3 is 2.71 bits per heavy atom. The lowest BCUT2D eigenvalue weighted by Gasteiger charge is -2.03. The number of carbonyl (C=O) groups excluding carboxylic acids is 1. The summed E-state index contributed by atoms with van der Waals surface area (Å²) >= 11 is 1.56. The van der Waals surface area contributed by atoms with Crippen LogP contribution in [0, 0.1) is 0 Å². The molecule has 0 fully saturated rings. The summed E-state index contributed by atoms with van der Waals surface area (Å²) in [7, 11) is -3.41. The number of rotatable bonds is 5. The summed E-state index contributed by atoms with van der Waals surface area (Å²) in [5.74, 6) is -0.368. The van der Waals surface area contributed by atoms with Crippen molar-refractivity contribution < 1.29 is 13.2 Å². The van der Waals surface area contributed by atoms with Crippen molar-refractivity contribution in [2.75, 3.05) is 6.26 Å². The van der Waals surface area contributed by atoms with Gasteiger partial charge >= 0.3 is 0 Å². The molecule has 0 saturated carbocycles. The zero-order chi connectivity index (χ0) is 19.7. The van der Waals surface area contributed by atoms with Gasteiger partial charge in [0.15, 0.2) is 0 Å². The van der Waals surface area contributed by atoms with Crippen LogP contribution in [0.15, 0.2) is 61.1 Å². The predicted molar refractivity (Wildman–Crippen MR) is 109 cm³/mol. The van der Waals surface area contributed by atoms with E-state index in [0.29, 0.717) is 5.69 Å². The van der Waals surface area contributed by atoms with Gasteiger partial charge in [0, 0.05) is 24.2 Å². The Morgan fingerprint density at radius 1 is 1.21 bits per heavy atom. The smallest absolute Gasteiger partial charge is 0.253 e. The number of fused-ring (bicyclic) bond motifs is 1. The third-order valence-electron chi connectivity index (χ3n) is 4.10. The molecule has 4 rings (SSSR count). The minimum atomic E-state index is -3.41. The fraction of sp³-hybridized carbons (Fsp3) is 0.105. The molecular weight excluding hydrogens is 396 g/mol. The van der Waals surface area contributed by atoms with Crippen molar-refractivity contribution >= 4 is 37.5 Å². The van der Waals surface area contributed by atoms with Crippen LogP contribution in [0.25, 0.3) is 20.8 Å². The van der Waals surface area contributed by atoms with Crippen molar-refractivity contribution in [3.63, 3.8) is 0 Å². The standard InChI is InChI=1S/C19H16N4O3S2/c1-28(25,26)23-8-7-14(12-23)18(24)21-10-15-9-16-17(11-20-15)27-19(22-16)13-5-3-2-4-6-13/h2-9,11-12H,10H2,1H3,(H,21,24). The van der Waals surface area contributed by atoms with E-state index < -0.39 is 10.0 Å². The maximum Gasteiger partial charge on any atom is 0.253 e. The van der Waals surface area contributed by atoms with Crippen LogP contribution in [0.3, 0.4) is 0 Å². The van der Waals surface area contributed by atoms with Gasteiger partial charge in [-0.05, 0) is 12.1 Å². The molecular formula is C19H16N4O3S2. The summed E-state index contributed by atoms with van der Waals surface area (Å²) < 4.78 is 25.0. The van der Waals surface area contributed by atoms with Gasteiger partial charge in [-0.1, -0.05) is 30.3 Å². The predicted octanol–water partition coefficient (Wildman–Crippen LogP) is 2.90. The molecule has 3 heterocycles. The third kappa shape index (κ3) is 3.80. The minimum absolute atomic E-state index is 0.219. The SMILES string of the molecule is CS(=O)(=O)n1ccc(C(=O)NCc2cc3nc(-c4ccccc4)sc3cn2)c1. The molecule has 0 aliphatic heterocycles. The second-order valence-corrected chi connectivity index (χ2v) is 9.12. The number of aromatic nitrogens is 3. The third-order valence-corrected chi connectivity index (χ3v) is 6.14. The Kier molecular flexibility index (Phi) is 4.70. The van der Waals surface area contributed by atoms with E-state index in [0.717, 1.165) is 31.0 Å². The Bertz CT molecular complexity index is 1260. The molecule has 1 N–H and O–H groups in total. The second-order valence-electron chi connectivity index (χ2n) is 6.20. The Hall–Kier alpha value is -3.04. The Labute approximate surface area is 165 Å². The number of thiazole rings is 1. The van der Waals surface area contributed by atoms with Crippen LogP contribution >= 0.6 is 11.3 Å². The average molecular weight is 412 g/mol. The molecule has 1 aromatic carbocycles. The fourth-order valence-electron chi connectivity index (χ4n) is 2.67. The molecule has 0 spiro atoms. The molecule has 0 atom stereocenters. The summed E-state index contributed by atoms with van der Waals surface area (Å²) in [6.45, 7) is 0.219. The van der Waals surface area contributed by atoms with E-state index in [9.17, 15) is 13.2 Å². The summed E-state index contributed by atoms with van der Waals surface area (Å²) in [6, 6.07) is 13.2. The first-order valence-electron chi connectivity index (χ1n) is 8.38. The summed E-state index contributed by atoms with van der Waals surface area (Å²) in [4.78, 5) is 21.3. The number of nitrogens with one attached hydrogen (secondary N) is 1. The lowest BCUT2D eigenvalue weighted by atomic mass is 10.2. The fourth-order valence-corrected chi connectivity index (χ4v) is 4.18. The van der Waals surface area contributed by atoms with Gasteiger partial charge in [-0.15, -0.1) is 11.3 Å². The molecule has 0 saturated heterocycles. The normalized spacial score (nSPS) is 11.6. The lowest BCUT2D eigenvalue weighted by molar-refractivity contribution is 0.0950. The van der Waals surface area contributed by atoms with Crippen molar-refractivity contribution in [1.82, 2.24) is 19.3 Å². The zero-order valence-electron chi connectivity index (χ0n) is 14.9. The van der Waals surface area contributed by atoms with Gasteiger partial charge in [-0.3, -0.25) is 13.8 Å². The summed E-state index contributed by atoms with van der Waals surface area (Å²) in [5, 5.41) is 3.67. The molecule has 0 unspecified atom stereocenters. The zero-order valence-corrected chi connectivity index (χ0v) is 16.5. The monoisotopic (exact) mass is 412 g/mol. The maximum absolute atomic E-state index is 12.3. The highest BCUT2D eigenvalue weighted by Gasteiger charge is 2.12. The van der Waals surface area contributed by atoms with Crippen molar-refractivity contribution in [1.29, 1.82) is 0 Å². The van der Waals surface area contributed by atoms with Gasteiger partial charge in [0.1, 0.15) is 5.01 Å². The highest BCUT2D eigenvalue weighted by Crippen LogP contribution is 2.29. The number of hydrogen-bond donors (Lipinski definition) is 1.